The molecule has 9 heteroatoms. The molecule has 1 aromatic heterocycles. The summed E-state index contributed by atoms with van der Waals surface area (Å²) in [4.78, 5) is 26.2. The van der Waals surface area contributed by atoms with Gasteiger partial charge < -0.3 is 29.1 Å². The van der Waals surface area contributed by atoms with Crippen LogP contribution < -0.4 is 15.0 Å². The molecule has 0 radical (unpaired) electrons. The van der Waals surface area contributed by atoms with Crippen molar-refractivity contribution in [3.05, 3.63) is 102 Å². The molecule has 3 aromatic carbocycles. The number of benzene rings is 3. The van der Waals surface area contributed by atoms with E-state index < -0.39 is 0 Å². The third kappa shape index (κ3) is 10.8. The maximum absolute atomic E-state index is 13.8. The van der Waals surface area contributed by atoms with Crippen LogP contribution >= 0.6 is 0 Å². The quantitative estimate of drug-likeness (QED) is 0.0595. The predicted molar refractivity (Wildman–Crippen MR) is 212 cm³/mol. The monoisotopic (exact) mass is 705 g/mol. The topological polar surface area (TPSA) is 90.2 Å². The Kier molecular flexibility index (Phi) is 14.5. The number of amides is 1. The molecule has 1 aliphatic rings. The SMILES string of the molecule is CCCCOCCOc1ccc(-c2ccc3c(c2)C=C(C(=O)Nc2ccc(C(Cc4nccn4CCC)=NOCC)cc2)CCN3CC(C)C)cc1. The first-order valence-electron chi connectivity index (χ1n) is 18.9. The molecule has 52 heavy (non-hydrogen) atoms. The zero-order chi connectivity index (χ0) is 36.7. The summed E-state index contributed by atoms with van der Waals surface area (Å²) < 4.78 is 13.7. The minimum Gasteiger partial charge on any atom is -0.491 e. The van der Waals surface area contributed by atoms with Crippen LogP contribution in [0.2, 0.25) is 0 Å². The van der Waals surface area contributed by atoms with E-state index in [-0.39, 0.29) is 5.91 Å². The van der Waals surface area contributed by atoms with Crippen LogP contribution in [0.4, 0.5) is 11.4 Å². The van der Waals surface area contributed by atoms with Crippen LogP contribution in [0.1, 0.15) is 77.3 Å². The standard InChI is InChI=1S/C43H55N5O4/c1-6-9-25-50-26-27-51-39-17-12-33(13-18-39)35-14-19-41-37(28-35)29-36(20-23-48(41)31-32(4)5)43(49)45-38-15-10-34(11-16-38)40(46-52-8-3)30-42-44-21-24-47(42)22-7-2/h10-19,21,24,28-29,32H,6-9,20,22-23,25-27,30-31H2,1-5H3,(H,45,49). The summed E-state index contributed by atoms with van der Waals surface area (Å²) in [6, 6.07) is 22.5. The molecule has 1 N–H and O–H groups in total. The molecule has 0 spiro atoms. The lowest BCUT2D eigenvalue weighted by atomic mass is 10.00. The van der Waals surface area contributed by atoms with E-state index in [1.165, 1.54) is 0 Å². The van der Waals surface area contributed by atoms with Gasteiger partial charge in [0.2, 0.25) is 0 Å². The van der Waals surface area contributed by atoms with Gasteiger partial charge in [-0.15, -0.1) is 0 Å². The van der Waals surface area contributed by atoms with E-state index in [1.807, 2.05) is 55.7 Å². The molecule has 0 unspecified atom stereocenters. The number of fused-ring (bicyclic) bond motifs is 1. The summed E-state index contributed by atoms with van der Waals surface area (Å²) in [5, 5.41) is 7.57. The van der Waals surface area contributed by atoms with E-state index in [4.69, 9.17) is 14.3 Å². The number of carbonyl (C=O) groups is 1. The average molecular weight is 706 g/mol. The molecule has 1 amide bonds. The maximum Gasteiger partial charge on any atom is 0.251 e. The maximum atomic E-state index is 13.8. The number of anilines is 2. The number of aryl methyl sites for hydroxylation is 1. The average Bonchev–Trinajstić information content (AvgIpc) is 3.51. The van der Waals surface area contributed by atoms with Gasteiger partial charge in [0.15, 0.2) is 0 Å². The number of hydrogen-bond donors (Lipinski definition) is 1. The van der Waals surface area contributed by atoms with Gasteiger partial charge in [-0.3, -0.25) is 4.79 Å². The van der Waals surface area contributed by atoms with Gasteiger partial charge in [-0.1, -0.05) is 69.6 Å². The fourth-order valence-corrected chi connectivity index (χ4v) is 6.28. The summed E-state index contributed by atoms with van der Waals surface area (Å²) >= 11 is 0. The number of unbranched alkanes of at least 4 members (excludes halogenated alkanes) is 1. The van der Waals surface area contributed by atoms with Crippen molar-refractivity contribution in [3.63, 3.8) is 0 Å². The van der Waals surface area contributed by atoms with Crippen LogP contribution in [-0.2, 0) is 27.3 Å². The molecule has 0 atom stereocenters. The number of aromatic nitrogens is 2. The number of nitrogens with zero attached hydrogens (tertiary/aromatic N) is 4. The summed E-state index contributed by atoms with van der Waals surface area (Å²) in [5.74, 6) is 2.15. The number of nitrogens with one attached hydrogen (secondary N) is 1. The third-order valence-electron chi connectivity index (χ3n) is 8.92. The molecule has 1 aliphatic heterocycles. The van der Waals surface area contributed by atoms with E-state index in [2.05, 4.69) is 89.0 Å². The smallest absolute Gasteiger partial charge is 0.251 e. The lowest BCUT2D eigenvalue weighted by Gasteiger charge is -2.27. The van der Waals surface area contributed by atoms with Gasteiger partial charge >= 0.3 is 0 Å². The Morgan fingerprint density at radius 2 is 1.73 bits per heavy atom. The van der Waals surface area contributed by atoms with Gasteiger partial charge in [0, 0.05) is 55.6 Å². The van der Waals surface area contributed by atoms with Crippen molar-refractivity contribution in [2.75, 3.05) is 49.7 Å². The second kappa shape index (κ2) is 19.6. The van der Waals surface area contributed by atoms with Gasteiger partial charge in [-0.05, 0) is 96.8 Å². The first-order valence-corrected chi connectivity index (χ1v) is 18.9. The van der Waals surface area contributed by atoms with Crippen LogP contribution in [0.3, 0.4) is 0 Å². The third-order valence-corrected chi connectivity index (χ3v) is 8.92. The molecule has 5 rings (SSSR count). The minimum atomic E-state index is -0.0968. The Balaban J connectivity index is 1.31. The number of rotatable bonds is 19. The fourth-order valence-electron chi connectivity index (χ4n) is 6.28. The van der Waals surface area contributed by atoms with Crippen molar-refractivity contribution in [3.8, 4) is 16.9 Å². The highest BCUT2D eigenvalue weighted by molar-refractivity contribution is 6.08. The fraction of sp³-hybridized carbons (Fsp3) is 0.419. The zero-order valence-corrected chi connectivity index (χ0v) is 31.6. The summed E-state index contributed by atoms with van der Waals surface area (Å²) in [6.07, 6.45) is 10.3. The van der Waals surface area contributed by atoms with Gasteiger partial charge in [-0.2, -0.15) is 0 Å². The summed E-state index contributed by atoms with van der Waals surface area (Å²) in [6.45, 7) is 15.6. The molecule has 2 heterocycles. The molecular formula is C43H55N5O4. The molecule has 0 bridgehead atoms. The Morgan fingerprint density at radius 3 is 2.46 bits per heavy atom. The van der Waals surface area contributed by atoms with E-state index in [0.29, 0.717) is 38.6 Å². The van der Waals surface area contributed by atoms with E-state index in [1.54, 1.807) is 0 Å². The number of ether oxygens (including phenoxy) is 2. The van der Waals surface area contributed by atoms with Gasteiger partial charge in [-0.25, -0.2) is 4.98 Å². The van der Waals surface area contributed by atoms with Gasteiger partial charge in [0.05, 0.1) is 18.7 Å². The van der Waals surface area contributed by atoms with Gasteiger partial charge in [0.25, 0.3) is 5.91 Å². The molecular weight excluding hydrogens is 651 g/mol. The molecule has 9 nitrogen and oxygen atoms in total. The second-order valence-electron chi connectivity index (χ2n) is 13.6. The highest BCUT2D eigenvalue weighted by Crippen LogP contribution is 2.34. The second-order valence-corrected chi connectivity index (χ2v) is 13.6. The predicted octanol–water partition coefficient (Wildman–Crippen LogP) is 9.03. The number of oxime groups is 1. The molecule has 0 aliphatic carbocycles. The minimum absolute atomic E-state index is 0.0968. The lowest BCUT2D eigenvalue weighted by molar-refractivity contribution is -0.112. The highest BCUT2D eigenvalue weighted by Gasteiger charge is 2.21. The Labute approximate surface area is 309 Å². The normalized spacial score (nSPS) is 13.1. The highest BCUT2D eigenvalue weighted by atomic mass is 16.6. The van der Waals surface area contributed by atoms with Crippen LogP contribution in [0.25, 0.3) is 17.2 Å². The Bertz CT molecular complexity index is 1780. The van der Waals surface area contributed by atoms with Crippen molar-refractivity contribution >= 4 is 29.1 Å². The van der Waals surface area contributed by atoms with E-state index >= 15 is 0 Å². The Morgan fingerprint density at radius 1 is 0.942 bits per heavy atom. The largest absolute Gasteiger partial charge is 0.491 e. The van der Waals surface area contributed by atoms with Crippen molar-refractivity contribution in [2.24, 2.45) is 11.1 Å². The molecule has 4 aromatic rings. The van der Waals surface area contributed by atoms with Gasteiger partial charge in [0.1, 0.15) is 24.8 Å². The molecule has 276 valence electrons. The van der Waals surface area contributed by atoms with Crippen LogP contribution in [0.5, 0.6) is 5.75 Å². The summed E-state index contributed by atoms with van der Waals surface area (Å²) in [7, 11) is 0. The van der Waals surface area contributed by atoms with Crippen LogP contribution in [0, 0.1) is 5.92 Å². The summed E-state index contributed by atoms with van der Waals surface area (Å²) in [5.41, 5.74) is 7.56. The first kappa shape index (κ1) is 38.3. The van der Waals surface area contributed by atoms with Crippen LogP contribution in [0.15, 0.2) is 89.9 Å². The Hall–Kier alpha value is -4.89. The van der Waals surface area contributed by atoms with Crippen molar-refractivity contribution < 1.29 is 19.1 Å². The molecule has 0 saturated heterocycles. The van der Waals surface area contributed by atoms with Crippen LogP contribution in [-0.4, -0.2) is 60.7 Å². The van der Waals surface area contributed by atoms with E-state index in [0.717, 1.165) is 102 Å². The van der Waals surface area contributed by atoms with Crippen molar-refractivity contribution in [2.45, 2.75) is 73.3 Å². The number of hydrogen-bond acceptors (Lipinski definition) is 7. The van der Waals surface area contributed by atoms with Crippen molar-refractivity contribution in [1.29, 1.82) is 0 Å². The number of carbonyl (C=O) groups excluding carboxylic acids is 1. The van der Waals surface area contributed by atoms with E-state index in [9.17, 15) is 4.79 Å². The number of imidazole rings is 1. The molecule has 0 saturated carbocycles. The lowest BCUT2D eigenvalue weighted by Crippen LogP contribution is -2.29. The molecule has 0 fully saturated rings. The zero-order valence-electron chi connectivity index (χ0n) is 31.6. The van der Waals surface area contributed by atoms with Crippen molar-refractivity contribution in [1.82, 2.24) is 9.55 Å². The first-order chi connectivity index (χ1) is 25.4.